The summed E-state index contributed by atoms with van der Waals surface area (Å²) in [6.07, 6.45) is 1.81. The molecule has 0 spiro atoms. The standard InChI is InChI=1S/C19H20ClN3O2S/c1-13(14-8-10-16(20)11-9-14)22-25-12-15-6-4-5-7-17(15)18(23-26-3)19(24)21-2/h4-11H,12H2,1-3H3,(H,21,24). The summed E-state index contributed by atoms with van der Waals surface area (Å²) >= 11 is 7.13. The number of benzene rings is 2. The predicted molar refractivity (Wildman–Crippen MR) is 109 cm³/mol. The van der Waals surface area contributed by atoms with Crippen molar-refractivity contribution in [3.63, 3.8) is 0 Å². The Morgan fingerprint density at radius 3 is 2.54 bits per heavy atom. The highest BCUT2D eigenvalue weighted by Crippen LogP contribution is 2.15. The zero-order valence-corrected chi connectivity index (χ0v) is 16.4. The van der Waals surface area contributed by atoms with Gasteiger partial charge in [-0.05, 0) is 36.6 Å². The molecule has 26 heavy (non-hydrogen) atoms. The van der Waals surface area contributed by atoms with Gasteiger partial charge < -0.3 is 10.2 Å². The molecule has 0 radical (unpaired) electrons. The number of hydrogen-bond donors (Lipinski definition) is 1. The van der Waals surface area contributed by atoms with Crippen molar-refractivity contribution in [1.82, 2.24) is 5.32 Å². The Balaban J connectivity index is 2.17. The maximum Gasteiger partial charge on any atom is 0.270 e. The molecule has 0 atom stereocenters. The van der Waals surface area contributed by atoms with E-state index in [1.54, 1.807) is 19.2 Å². The van der Waals surface area contributed by atoms with Crippen LogP contribution in [0, 0.1) is 0 Å². The Bertz CT molecular complexity index is 820. The van der Waals surface area contributed by atoms with Crippen molar-refractivity contribution in [2.45, 2.75) is 13.5 Å². The summed E-state index contributed by atoms with van der Waals surface area (Å²) in [5, 5.41) is 7.44. The first kappa shape index (κ1) is 20.0. The first-order valence-electron chi connectivity index (χ1n) is 7.90. The van der Waals surface area contributed by atoms with Crippen molar-refractivity contribution in [1.29, 1.82) is 0 Å². The molecular weight excluding hydrogens is 370 g/mol. The molecule has 0 aliphatic rings. The van der Waals surface area contributed by atoms with Gasteiger partial charge in [0.2, 0.25) is 0 Å². The maximum absolute atomic E-state index is 12.1. The molecule has 0 saturated carbocycles. The van der Waals surface area contributed by atoms with Gasteiger partial charge in [-0.3, -0.25) is 4.79 Å². The van der Waals surface area contributed by atoms with Crippen LogP contribution in [0.15, 0.2) is 58.1 Å². The highest BCUT2D eigenvalue weighted by Gasteiger charge is 2.16. The van der Waals surface area contributed by atoms with Crippen LogP contribution in [-0.2, 0) is 16.2 Å². The monoisotopic (exact) mass is 389 g/mol. The molecule has 7 heteroatoms. The Labute approximate surface area is 162 Å². The van der Waals surface area contributed by atoms with Crippen LogP contribution in [0.25, 0.3) is 0 Å². The van der Waals surface area contributed by atoms with Crippen molar-refractivity contribution < 1.29 is 9.63 Å². The summed E-state index contributed by atoms with van der Waals surface area (Å²) in [6.45, 7) is 2.09. The molecule has 2 aromatic rings. The fourth-order valence-corrected chi connectivity index (χ4v) is 2.73. The number of amides is 1. The van der Waals surface area contributed by atoms with Crippen LogP contribution in [0.4, 0.5) is 0 Å². The van der Waals surface area contributed by atoms with Crippen molar-refractivity contribution in [3.8, 4) is 0 Å². The van der Waals surface area contributed by atoms with Crippen LogP contribution in [0.2, 0.25) is 5.02 Å². The van der Waals surface area contributed by atoms with Gasteiger partial charge in [0.15, 0.2) is 0 Å². The van der Waals surface area contributed by atoms with E-state index in [1.165, 1.54) is 11.9 Å². The fraction of sp³-hybridized carbons (Fsp3) is 0.211. The minimum Gasteiger partial charge on any atom is -0.391 e. The molecule has 2 rings (SSSR count). The van der Waals surface area contributed by atoms with Crippen LogP contribution in [0.1, 0.15) is 23.6 Å². The minimum atomic E-state index is -0.243. The molecule has 0 unspecified atom stereocenters. The third-order valence-corrected chi connectivity index (χ3v) is 4.20. The first-order valence-corrected chi connectivity index (χ1v) is 9.46. The van der Waals surface area contributed by atoms with Crippen molar-refractivity contribution in [2.24, 2.45) is 9.55 Å². The topological polar surface area (TPSA) is 63.0 Å². The average Bonchev–Trinajstić information content (AvgIpc) is 2.66. The zero-order chi connectivity index (χ0) is 18.9. The molecule has 0 fully saturated rings. The molecule has 2 aromatic carbocycles. The third kappa shape index (κ3) is 5.34. The smallest absolute Gasteiger partial charge is 0.270 e. The molecule has 0 bridgehead atoms. The summed E-state index contributed by atoms with van der Waals surface area (Å²) < 4.78 is 4.24. The van der Waals surface area contributed by atoms with E-state index in [1.807, 2.05) is 49.6 Å². The quantitative estimate of drug-likeness (QED) is 0.440. The molecule has 1 N–H and O–H groups in total. The summed E-state index contributed by atoms with van der Waals surface area (Å²) in [4.78, 5) is 17.6. The second kappa shape index (κ2) is 9.99. The molecule has 0 aliphatic heterocycles. The Morgan fingerprint density at radius 2 is 1.88 bits per heavy atom. The summed E-state index contributed by atoms with van der Waals surface area (Å²) in [6, 6.07) is 14.9. The van der Waals surface area contributed by atoms with E-state index in [4.69, 9.17) is 16.4 Å². The van der Waals surface area contributed by atoms with Crippen molar-refractivity contribution in [3.05, 3.63) is 70.2 Å². The van der Waals surface area contributed by atoms with E-state index in [2.05, 4.69) is 14.9 Å². The van der Waals surface area contributed by atoms with Crippen LogP contribution < -0.4 is 5.32 Å². The molecule has 0 aromatic heterocycles. The van der Waals surface area contributed by atoms with Gasteiger partial charge >= 0.3 is 0 Å². The van der Waals surface area contributed by atoms with Crippen LogP contribution >= 0.6 is 23.5 Å². The van der Waals surface area contributed by atoms with Gasteiger partial charge in [-0.15, -0.1) is 0 Å². The summed E-state index contributed by atoms with van der Waals surface area (Å²) in [5.74, 6) is -0.243. The lowest BCUT2D eigenvalue weighted by atomic mass is 10.0. The molecule has 136 valence electrons. The van der Waals surface area contributed by atoms with E-state index in [-0.39, 0.29) is 12.5 Å². The Hall–Kier alpha value is -2.31. The highest BCUT2D eigenvalue weighted by atomic mass is 35.5. The van der Waals surface area contributed by atoms with Gasteiger partial charge in [0.25, 0.3) is 5.91 Å². The number of carbonyl (C=O) groups is 1. The third-order valence-electron chi connectivity index (χ3n) is 3.58. The lowest BCUT2D eigenvalue weighted by Crippen LogP contribution is -2.29. The summed E-state index contributed by atoms with van der Waals surface area (Å²) in [7, 11) is 1.58. The second-order valence-corrected chi connectivity index (χ2v) is 6.30. The van der Waals surface area contributed by atoms with Gasteiger partial charge in [-0.1, -0.05) is 53.2 Å². The Kier molecular flexibility index (Phi) is 7.69. The van der Waals surface area contributed by atoms with E-state index >= 15 is 0 Å². The Morgan fingerprint density at radius 1 is 1.19 bits per heavy atom. The van der Waals surface area contributed by atoms with Crippen molar-refractivity contribution in [2.75, 3.05) is 13.3 Å². The number of nitrogens with zero attached hydrogens (tertiary/aromatic N) is 2. The van der Waals surface area contributed by atoms with Gasteiger partial charge in [-0.25, -0.2) is 4.40 Å². The van der Waals surface area contributed by atoms with E-state index in [9.17, 15) is 4.79 Å². The van der Waals surface area contributed by atoms with E-state index in [0.717, 1.165) is 22.4 Å². The van der Waals surface area contributed by atoms with Crippen LogP contribution in [-0.4, -0.2) is 30.6 Å². The SMILES string of the molecule is CNC(=O)C(=NSC)c1ccccc1CON=C(C)c1ccc(Cl)cc1. The molecule has 0 heterocycles. The van der Waals surface area contributed by atoms with Gasteiger partial charge in [0.05, 0.1) is 5.71 Å². The number of oxime groups is 1. The largest absolute Gasteiger partial charge is 0.391 e. The lowest BCUT2D eigenvalue weighted by molar-refractivity contribution is -0.114. The lowest BCUT2D eigenvalue weighted by Gasteiger charge is -2.10. The highest BCUT2D eigenvalue weighted by molar-refractivity contribution is 7.97. The van der Waals surface area contributed by atoms with Gasteiger partial charge in [-0.2, -0.15) is 0 Å². The average molecular weight is 390 g/mol. The second-order valence-electron chi connectivity index (χ2n) is 5.32. The number of nitrogens with one attached hydrogen (secondary N) is 1. The molecular formula is C19H20ClN3O2S. The molecule has 0 aliphatic carbocycles. The number of likely N-dealkylation sites (N-methyl/N-ethyl adjacent to an activating group) is 1. The van der Waals surface area contributed by atoms with Gasteiger partial charge in [0.1, 0.15) is 12.3 Å². The zero-order valence-electron chi connectivity index (χ0n) is 14.8. The van der Waals surface area contributed by atoms with Crippen LogP contribution in [0.3, 0.4) is 0 Å². The van der Waals surface area contributed by atoms with Gasteiger partial charge in [0, 0.05) is 29.5 Å². The van der Waals surface area contributed by atoms with Crippen LogP contribution in [0.5, 0.6) is 0 Å². The molecule has 5 nitrogen and oxygen atoms in total. The predicted octanol–water partition coefficient (Wildman–Crippen LogP) is 4.09. The maximum atomic E-state index is 12.1. The number of carbonyl (C=O) groups excluding carboxylic acids is 1. The fourth-order valence-electron chi connectivity index (χ4n) is 2.24. The minimum absolute atomic E-state index is 0.228. The number of rotatable bonds is 7. The number of hydrogen-bond acceptors (Lipinski definition) is 5. The van der Waals surface area contributed by atoms with E-state index in [0.29, 0.717) is 10.7 Å². The normalized spacial score (nSPS) is 12.0. The molecule has 0 saturated heterocycles. The first-order chi connectivity index (χ1) is 12.6. The van der Waals surface area contributed by atoms with Crippen molar-refractivity contribution >= 4 is 40.9 Å². The number of halogens is 1. The summed E-state index contributed by atoms with van der Waals surface area (Å²) in [5.41, 5.74) is 3.58. The molecule has 1 amide bonds. The van der Waals surface area contributed by atoms with E-state index < -0.39 is 0 Å².